The van der Waals surface area contributed by atoms with E-state index in [-0.39, 0.29) is 10.8 Å². The third-order valence-corrected chi connectivity index (χ3v) is 3.76. The van der Waals surface area contributed by atoms with E-state index in [0.717, 1.165) is 17.8 Å². The molecule has 2 nitrogen and oxygen atoms in total. The molecule has 4 N–H and O–H groups in total. The smallest absolute Gasteiger partial charge is 0.0331 e. The summed E-state index contributed by atoms with van der Waals surface area (Å²) in [6.45, 7) is 8.91. The predicted molar refractivity (Wildman–Crippen MR) is 65.9 cm³/mol. The van der Waals surface area contributed by atoms with Crippen LogP contribution in [0.1, 0.15) is 34.1 Å². The second-order valence-corrected chi connectivity index (χ2v) is 5.14. The summed E-state index contributed by atoms with van der Waals surface area (Å²) in [5.74, 6) is 0. The van der Waals surface area contributed by atoms with E-state index in [9.17, 15) is 0 Å². The molecule has 0 saturated heterocycles. The Balaban J connectivity index is 3.17. The van der Waals surface area contributed by atoms with Gasteiger partial charge < -0.3 is 11.5 Å². The monoisotopic (exact) mass is 206 g/mol. The van der Waals surface area contributed by atoms with Gasteiger partial charge in [-0.15, -0.1) is 0 Å². The molecule has 0 fully saturated rings. The summed E-state index contributed by atoms with van der Waals surface area (Å²) in [6.07, 6.45) is 9.12. The first kappa shape index (κ1) is 11.9. The SMILES string of the molecule is CCC(C)(C)C1(C)C=CC(N)=CC(N)=C1. The van der Waals surface area contributed by atoms with Gasteiger partial charge in [-0.3, -0.25) is 0 Å². The van der Waals surface area contributed by atoms with Gasteiger partial charge in [-0.2, -0.15) is 0 Å². The molecule has 0 radical (unpaired) electrons. The molecule has 1 aliphatic carbocycles. The number of hydrogen-bond donors (Lipinski definition) is 2. The van der Waals surface area contributed by atoms with E-state index in [1.807, 2.05) is 12.2 Å². The molecule has 0 aliphatic heterocycles. The highest BCUT2D eigenvalue weighted by atomic mass is 14.6. The van der Waals surface area contributed by atoms with Gasteiger partial charge in [0, 0.05) is 16.8 Å². The number of hydrogen-bond acceptors (Lipinski definition) is 2. The van der Waals surface area contributed by atoms with Crippen molar-refractivity contribution in [1.29, 1.82) is 0 Å². The van der Waals surface area contributed by atoms with Gasteiger partial charge in [0.2, 0.25) is 0 Å². The molecular formula is C13H22N2. The summed E-state index contributed by atoms with van der Waals surface area (Å²) < 4.78 is 0. The maximum atomic E-state index is 5.92. The van der Waals surface area contributed by atoms with E-state index in [1.165, 1.54) is 0 Å². The van der Waals surface area contributed by atoms with Crippen molar-refractivity contribution in [2.45, 2.75) is 34.1 Å². The van der Waals surface area contributed by atoms with E-state index in [4.69, 9.17) is 11.5 Å². The molecular weight excluding hydrogens is 184 g/mol. The summed E-state index contributed by atoms with van der Waals surface area (Å²) in [5, 5.41) is 0. The molecule has 84 valence electrons. The summed E-state index contributed by atoms with van der Waals surface area (Å²) in [5.41, 5.74) is 13.3. The standard InChI is InChI=1S/C13H22N2/c1-5-12(2,3)13(4)7-6-10(14)8-11(15)9-13/h6-9H,5,14-15H2,1-4H3. The Hall–Kier alpha value is -1.18. The van der Waals surface area contributed by atoms with Crippen molar-refractivity contribution in [3.05, 3.63) is 35.7 Å². The van der Waals surface area contributed by atoms with Gasteiger partial charge in [0.1, 0.15) is 0 Å². The zero-order valence-corrected chi connectivity index (χ0v) is 10.2. The molecule has 1 rings (SSSR count). The van der Waals surface area contributed by atoms with Gasteiger partial charge in [-0.1, -0.05) is 39.8 Å². The molecule has 0 aromatic carbocycles. The molecule has 1 aliphatic rings. The lowest BCUT2D eigenvalue weighted by Crippen LogP contribution is -2.31. The van der Waals surface area contributed by atoms with Crippen LogP contribution < -0.4 is 11.5 Å². The zero-order chi connectivity index (χ0) is 11.7. The number of rotatable bonds is 2. The molecule has 0 heterocycles. The summed E-state index contributed by atoms with van der Waals surface area (Å²) in [6, 6.07) is 0. The quantitative estimate of drug-likeness (QED) is 0.730. The van der Waals surface area contributed by atoms with Crippen molar-refractivity contribution in [3.8, 4) is 0 Å². The Morgan fingerprint density at radius 3 is 2.40 bits per heavy atom. The lowest BCUT2D eigenvalue weighted by Gasteiger charge is -2.39. The molecule has 0 aromatic rings. The van der Waals surface area contributed by atoms with Crippen molar-refractivity contribution < 1.29 is 0 Å². The van der Waals surface area contributed by atoms with Crippen LogP contribution in [0.5, 0.6) is 0 Å². The minimum absolute atomic E-state index is 0.0382. The van der Waals surface area contributed by atoms with E-state index in [1.54, 1.807) is 0 Å². The summed E-state index contributed by atoms with van der Waals surface area (Å²) in [7, 11) is 0. The Bertz CT molecular complexity index is 334. The molecule has 0 saturated carbocycles. The molecule has 0 amide bonds. The topological polar surface area (TPSA) is 52.0 Å². The first-order valence-corrected chi connectivity index (χ1v) is 5.45. The van der Waals surface area contributed by atoms with Crippen LogP contribution in [0.2, 0.25) is 0 Å². The molecule has 1 atom stereocenters. The van der Waals surface area contributed by atoms with Crippen LogP contribution in [0.15, 0.2) is 35.7 Å². The van der Waals surface area contributed by atoms with Crippen molar-refractivity contribution in [2.75, 3.05) is 0 Å². The van der Waals surface area contributed by atoms with Crippen LogP contribution in [0.4, 0.5) is 0 Å². The Labute approximate surface area is 92.7 Å². The average Bonchev–Trinajstić information content (AvgIpc) is 2.26. The zero-order valence-electron chi connectivity index (χ0n) is 10.2. The Morgan fingerprint density at radius 2 is 1.87 bits per heavy atom. The average molecular weight is 206 g/mol. The second kappa shape index (κ2) is 3.76. The third kappa shape index (κ3) is 2.25. The van der Waals surface area contributed by atoms with Crippen LogP contribution in [0, 0.1) is 10.8 Å². The largest absolute Gasteiger partial charge is 0.399 e. The van der Waals surface area contributed by atoms with Crippen LogP contribution in [0.25, 0.3) is 0 Å². The van der Waals surface area contributed by atoms with E-state index >= 15 is 0 Å². The first-order valence-electron chi connectivity index (χ1n) is 5.45. The fourth-order valence-electron chi connectivity index (χ4n) is 1.75. The van der Waals surface area contributed by atoms with Crippen molar-refractivity contribution >= 4 is 0 Å². The van der Waals surface area contributed by atoms with Gasteiger partial charge in [-0.25, -0.2) is 0 Å². The van der Waals surface area contributed by atoms with Crippen molar-refractivity contribution in [2.24, 2.45) is 22.3 Å². The highest BCUT2D eigenvalue weighted by Gasteiger charge is 2.36. The highest BCUT2D eigenvalue weighted by Crippen LogP contribution is 2.45. The van der Waals surface area contributed by atoms with Gasteiger partial charge in [-0.05, 0) is 24.0 Å². The minimum Gasteiger partial charge on any atom is -0.399 e. The molecule has 0 bridgehead atoms. The second-order valence-electron chi connectivity index (χ2n) is 5.14. The molecule has 0 spiro atoms. The third-order valence-electron chi connectivity index (χ3n) is 3.76. The van der Waals surface area contributed by atoms with Crippen LogP contribution in [-0.4, -0.2) is 0 Å². The lowest BCUT2D eigenvalue weighted by molar-refractivity contribution is 0.190. The molecule has 0 aromatic heterocycles. The van der Waals surface area contributed by atoms with Gasteiger partial charge in [0.05, 0.1) is 0 Å². The van der Waals surface area contributed by atoms with E-state index in [0.29, 0.717) is 0 Å². The Kier molecular flexibility index (Phi) is 2.98. The maximum absolute atomic E-state index is 5.92. The van der Waals surface area contributed by atoms with E-state index < -0.39 is 0 Å². The molecule has 2 heteroatoms. The number of nitrogens with two attached hydrogens (primary N) is 2. The van der Waals surface area contributed by atoms with Gasteiger partial charge in [0.15, 0.2) is 0 Å². The van der Waals surface area contributed by atoms with Gasteiger partial charge in [0.25, 0.3) is 0 Å². The molecule has 1 unspecified atom stereocenters. The minimum atomic E-state index is -0.0382. The van der Waals surface area contributed by atoms with Crippen molar-refractivity contribution in [3.63, 3.8) is 0 Å². The maximum Gasteiger partial charge on any atom is 0.0331 e. The first-order chi connectivity index (χ1) is 6.81. The Morgan fingerprint density at radius 1 is 1.27 bits per heavy atom. The summed E-state index contributed by atoms with van der Waals surface area (Å²) >= 11 is 0. The van der Waals surface area contributed by atoms with Crippen molar-refractivity contribution in [1.82, 2.24) is 0 Å². The lowest BCUT2D eigenvalue weighted by atomic mass is 9.65. The van der Waals surface area contributed by atoms with Crippen LogP contribution in [0.3, 0.4) is 0 Å². The fraction of sp³-hybridized carbons (Fsp3) is 0.538. The normalized spacial score (nSPS) is 26.9. The summed E-state index contributed by atoms with van der Waals surface area (Å²) in [4.78, 5) is 0. The highest BCUT2D eigenvalue weighted by molar-refractivity contribution is 5.35. The molecule has 15 heavy (non-hydrogen) atoms. The van der Waals surface area contributed by atoms with Gasteiger partial charge >= 0.3 is 0 Å². The fourth-order valence-corrected chi connectivity index (χ4v) is 1.75. The predicted octanol–water partition coefficient (Wildman–Crippen LogP) is 2.68. The number of allylic oxidation sites excluding steroid dienone is 4. The van der Waals surface area contributed by atoms with Crippen LogP contribution >= 0.6 is 0 Å². The van der Waals surface area contributed by atoms with Crippen LogP contribution in [-0.2, 0) is 0 Å². The van der Waals surface area contributed by atoms with E-state index in [2.05, 4.69) is 39.8 Å².